The van der Waals surface area contributed by atoms with Crippen LogP contribution in [0.3, 0.4) is 0 Å². The van der Waals surface area contributed by atoms with Gasteiger partial charge in [-0.2, -0.15) is 0 Å². The summed E-state index contributed by atoms with van der Waals surface area (Å²) in [7, 11) is 0. The molecular weight excluding hydrogens is 236 g/mol. The maximum Gasteiger partial charge on any atom is 0.225 e. The van der Waals surface area contributed by atoms with Gasteiger partial charge in [-0.05, 0) is 19.3 Å². The summed E-state index contributed by atoms with van der Waals surface area (Å²) in [5.74, 6) is 0.167. The third-order valence-corrected chi connectivity index (χ3v) is 2.92. The third-order valence-electron chi connectivity index (χ3n) is 2.72. The number of carbonyl (C=O) groups is 1. The van der Waals surface area contributed by atoms with Crippen LogP contribution in [0.5, 0.6) is 0 Å². The summed E-state index contributed by atoms with van der Waals surface area (Å²) in [4.78, 5) is 14.4. The van der Waals surface area contributed by atoms with E-state index in [-0.39, 0.29) is 5.91 Å². The Morgan fingerprint density at radius 2 is 2.12 bits per heavy atom. The molecule has 1 aliphatic rings. The van der Waals surface area contributed by atoms with E-state index in [4.69, 9.17) is 22.7 Å². The van der Waals surface area contributed by atoms with Crippen molar-refractivity contribution in [3.05, 3.63) is 0 Å². The monoisotopic (exact) mass is 258 g/mol. The molecule has 0 bridgehead atoms. The second-order valence-electron chi connectivity index (χ2n) is 4.40. The Hall–Kier alpha value is -0.680. The number of nitrogens with zero attached hydrogens (tertiary/aromatic N) is 1. The van der Waals surface area contributed by atoms with Crippen LogP contribution in [0.4, 0.5) is 0 Å². The highest BCUT2D eigenvalue weighted by atomic mass is 32.1. The van der Waals surface area contributed by atoms with E-state index in [9.17, 15) is 4.79 Å². The van der Waals surface area contributed by atoms with E-state index < -0.39 is 0 Å². The lowest BCUT2D eigenvalue weighted by Crippen LogP contribution is -2.36. The van der Waals surface area contributed by atoms with Gasteiger partial charge in [-0.25, -0.2) is 0 Å². The lowest BCUT2D eigenvalue weighted by molar-refractivity contribution is -0.132. The second kappa shape index (κ2) is 7.61. The highest BCUT2D eigenvalue weighted by Crippen LogP contribution is 2.27. The van der Waals surface area contributed by atoms with Gasteiger partial charge in [-0.15, -0.1) is 0 Å². The SMILES string of the molecule is CCCOCCC(=O)N(CCC(N)=S)C1CC1. The Morgan fingerprint density at radius 3 is 2.65 bits per heavy atom. The van der Waals surface area contributed by atoms with Crippen molar-refractivity contribution in [2.45, 2.75) is 45.1 Å². The minimum atomic E-state index is 0.167. The zero-order valence-corrected chi connectivity index (χ0v) is 11.3. The first-order valence-corrected chi connectivity index (χ1v) is 6.71. The van der Waals surface area contributed by atoms with Gasteiger partial charge in [0.2, 0.25) is 5.91 Å². The number of amides is 1. The van der Waals surface area contributed by atoms with Gasteiger partial charge in [0.1, 0.15) is 0 Å². The molecule has 0 unspecified atom stereocenters. The summed E-state index contributed by atoms with van der Waals surface area (Å²) in [6, 6.07) is 0.419. The number of carbonyl (C=O) groups excluding carboxylic acids is 1. The molecule has 1 aliphatic carbocycles. The highest BCUT2D eigenvalue weighted by Gasteiger charge is 2.31. The van der Waals surface area contributed by atoms with Gasteiger partial charge >= 0.3 is 0 Å². The number of thiocarbonyl (C=S) groups is 1. The molecule has 0 spiro atoms. The summed E-state index contributed by atoms with van der Waals surface area (Å²) < 4.78 is 5.33. The summed E-state index contributed by atoms with van der Waals surface area (Å²) in [6.45, 7) is 3.96. The predicted octanol–water partition coefficient (Wildman–Crippen LogP) is 1.47. The van der Waals surface area contributed by atoms with Crippen molar-refractivity contribution in [3.63, 3.8) is 0 Å². The van der Waals surface area contributed by atoms with Crippen LogP contribution < -0.4 is 5.73 Å². The minimum Gasteiger partial charge on any atom is -0.393 e. The highest BCUT2D eigenvalue weighted by molar-refractivity contribution is 7.80. The van der Waals surface area contributed by atoms with Gasteiger partial charge < -0.3 is 15.4 Å². The van der Waals surface area contributed by atoms with Crippen molar-refractivity contribution in [1.82, 2.24) is 4.90 Å². The van der Waals surface area contributed by atoms with E-state index in [2.05, 4.69) is 6.92 Å². The van der Waals surface area contributed by atoms with Crippen molar-refractivity contribution in [3.8, 4) is 0 Å². The molecule has 0 heterocycles. The molecule has 0 aliphatic heterocycles. The molecule has 98 valence electrons. The molecule has 0 atom stereocenters. The Balaban J connectivity index is 2.25. The van der Waals surface area contributed by atoms with Crippen LogP contribution in [0.25, 0.3) is 0 Å². The molecular formula is C12H22N2O2S. The van der Waals surface area contributed by atoms with Crippen LogP contribution in [0, 0.1) is 0 Å². The van der Waals surface area contributed by atoms with E-state index in [0.29, 0.717) is 37.0 Å². The molecule has 2 N–H and O–H groups in total. The first-order chi connectivity index (χ1) is 8.15. The minimum absolute atomic E-state index is 0.167. The number of ether oxygens (including phenoxy) is 1. The number of rotatable bonds is 9. The summed E-state index contributed by atoms with van der Waals surface area (Å²) in [6.07, 6.45) is 4.29. The standard InChI is InChI=1S/C12H22N2O2S/c1-2-8-16-9-6-12(15)14(10-3-4-10)7-5-11(13)17/h10H,2-9H2,1H3,(H2,13,17). The number of nitrogens with two attached hydrogens (primary N) is 1. The predicted molar refractivity (Wildman–Crippen MR) is 71.9 cm³/mol. The quantitative estimate of drug-likeness (QED) is 0.502. The van der Waals surface area contributed by atoms with E-state index in [1.807, 2.05) is 4.90 Å². The topological polar surface area (TPSA) is 55.6 Å². The summed E-state index contributed by atoms with van der Waals surface area (Å²) >= 11 is 4.84. The fraction of sp³-hybridized carbons (Fsp3) is 0.833. The molecule has 5 heteroatoms. The smallest absolute Gasteiger partial charge is 0.225 e. The zero-order valence-electron chi connectivity index (χ0n) is 10.5. The van der Waals surface area contributed by atoms with Crippen molar-refractivity contribution < 1.29 is 9.53 Å². The second-order valence-corrected chi connectivity index (χ2v) is 4.92. The van der Waals surface area contributed by atoms with Crippen molar-refractivity contribution >= 4 is 23.1 Å². The van der Waals surface area contributed by atoms with Crippen LogP contribution in [0.1, 0.15) is 39.0 Å². The normalized spacial score (nSPS) is 14.6. The van der Waals surface area contributed by atoms with E-state index in [1.54, 1.807) is 0 Å². The van der Waals surface area contributed by atoms with Crippen molar-refractivity contribution in [2.24, 2.45) is 5.73 Å². The van der Waals surface area contributed by atoms with Crippen LogP contribution in [-0.4, -0.2) is 41.6 Å². The largest absolute Gasteiger partial charge is 0.393 e. The van der Waals surface area contributed by atoms with Crippen LogP contribution in [0.2, 0.25) is 0 Å². The first-order valence-electron chi connectivity index (χ1n) is 6.30. The van der Waals surface area contributed by atoms with E-state index in [0.717, 1.165) is 25.9 Å². The molecule has 1 fully saturated rings. The van der Waals surface area contributed by atoms with Gasteiger partial charge in [-0.1, -0.05) is 19.1 Å². The van der Waals surface area contributed by atoms with Crippen molar-refractivity contribution in [2.75, 3.05) is 19.8 Å². The van der Waals surface area contributed by atoms with Crippen molar-refractivity contribution in [1.29, 1.82) is 0 Å². The Labute approximate surface area is 108 Å². The lowest BCUT2D eigenvalue weighted by Gasteiger charge is -2.22. The molecule has 17 heavy (non-hydrogen) atoms. The van der Waals surface area contributed by atoms with Crippen LogP contribution >= 0.6 is 12.2 Å². The Bertz CT molecular complexity index is 267. The van der Waals surface area contributed by atoms with Gasteiger partial charge in [0.15, 0.2) is 0 Å². The Morgan fingerprint density at radius 1 is 1.41 bits per heavy atom. The zero-order chi connectivity index (χ0) is 12.7. The molecule has 0 radical (unpaired) electrons. The molecule has 4 nitrogen and oxygen atoms in total. The average Bonchev–Trinajstić information content (AvgIpc) is 3.08. The molecule has 1 amide bonds. The molecule has 0 aromatic heterocycles. The van der Waals surface area contributed by atoms with Gasteiger partial charge in [0.25, 0.3) is 0 Å². The average molecular weight is 258 g/mol. The van der Waals surface area contributed by atoms with Crippen LogP contribution in [-0.2, 0) is 9.53 Å². The van der Waals surface area contributed by atoms with E-state index >= 15 is 0 Å². The van der Waals surface area contributed by atoms with Gasteiger partial charge in [0.05, 0.1) is 18.0 Å². The van der Waals surface area contributed by atoms with Gasteiger partial charge in [-0.3, -0.25) is 4.79 Å². The molecule has 0 saturated heterocycles. The van der Waals surface area contributed by atoms with E-state index in [1.165, 1.54) is 0 Å². The lowest BCUT2D eigenvalue weighted by atomic mass is 10.3. The third kappa shape index (κ3) is 5.98. The summed E-state index contributed by atoms with van der Waals surface area (Å²) in [5.41, 5.74) is 5.47. The Kier molecular flexibility index (Phi) is 6.44. The fourth-order valence-electron chi connectivity index (χ4n) is 1.68. The number of hydrogen-bond acceptors (Lipinski definition) is 3. The number of hydrogen-bond donors (Lipinski definition) is 1. The molecule has 0 aromatic carbocycles. The summed E-state index contributed by atoms with van der Waals surface area (Å²) in [5, 5.41) is 0. The maximum atomic E-state index is 12.0. The molecule has 0 aromatic rings. The fourth-order valence-corrected chi connectivity index (χ4v) is 1.77. The van der Waals surface area contributed by atoms with Gasteiger partial charge in [0, 0.05) is 25.6 Å². The first kappa shape index (κ1) is 14.4. The van der Waals surface area contributed by atoms with Crippen LogP contribution in [0.15, 0.2) is 0 Å². The molecule has 1 saturated carbocycles. The maximum absolute atomic E-state index is 12.0. The molecule has 1 rings (SSSR count).